The van der Waals surface area contributed by atoms with Crippen molar-refractivity contribution in [3.8, 4) is 0 Å². The molecule has 0 unspecified atom stereocenters. The smallest absolute Gasteiger partial charge is 0.157 e. The molecule has 0 saturated carbocycles. The lowest BCUT2D eigenvalue weighted by molar-refractivity contribution is 0.197. The number of nitrogens with two attached hydrogens (primary N) is 1. The van der Waals surface area contributed by atoms with Gasteiger partial charge in [-0.3, -0.25) is 0 Å². The van der Waals surface area contributed by atoms with Crippen LogP contribution in [-0.2, 0) is 0 Å². The average Bonchev–Trinajstić information content (AvgIpc) is 3.03. The number of fused-ring (bicyclic) bond motifs is 1. The maximum absolute atomic E-state index is 6.22. The third-order valence-corrected chi connectivity index (χ3v) is 5.42. The number of hydrogen-bond donors (Lipinski definition) is 1. The van der Waals surface area contributed by atoms with E-state index in [9.17, 15) is 0 Å². The van der Waals surface area contributed by atoms with Crippen LogP contribution >= 0.6 is 0 Å². The predicted octanol–water partition coefficient (Wildman–Crippen LogP) is 3.60. The molecule has 0 amide bonds. The fraction of sp³-hybridized carbons (Fsp3) is 0.429. The fourth-order valence-electron chi connectivity index (χ4n) is 4.08. The Morgan fingerprint density at radius 1 is 1.23 bits per heavy atom. The molecule has 3 heterocycles. The van der Waals surface area contributed by atoms with Crippen LogP contribution in [0.2, 0.25) is 0 Å². The van der Waals surface area contributed by atoms with Crippen LogP contribution < -0.4 is 5.73 Å². The fourth-order valence-corrected chi connectivity index (χ4v) is 4.08. The second-order valence-electron chi connectivity index (χ2n) is 7.57. The van der Waals surface area contributed by atoms with Crippen molar-refractivity contribution >= 4 is 11.5 Å². The van der Waals surface area contributed by atoms with E-state index >= 15 is 0 Å². The largest absolute Gasteiger partial charge is 0.384 e. The number of aryl methyl sites for hydroxylation is 1. The number of benzene rings is 1. The molecule has 1 aromatic carbocycles. The Bertz CT molecular complexity index is 886. The Hall–Kier alpha value is -2.40. The first kappa shape index (κ1) is 17.0. The van der Waals surface area contributed by atoms with E-state index < -0.39 is 0 Å². The van der Waals surface area contributed by atoms with Crippen LogP contribution in [0, 0.1) is 6.92 Å². The van der Waals surface area contributed by atoms with E-state index in [4.69, 9.17) is 10.7 Å². The van der Waals surface area contributed by atoms with Gasteiger partial charge in [0.15, 0.2) is 5.65 Å². The molecule has 26 heavy (non-hydrogen) atoms. The van der Waals surface area contributed by atoms with Crippen LogP contribution in [0.15, 0.2) is 42.5 Å². The van der Waals surface area contributed by atoms with Crippen molar-refractivity contribution in [3.05, 3.63) is 59.4 Å². The lowest BCUT2D eigenvalue weighted by Gasteiger charge is -2.34. The lowest BCUT2D eigenvalue weighted by Crippen LogP contribution is -2.37. The zero-order valence-corrected chi connectivity index (χ0v) is 15.6. The highest BCUT2D eigenvalue weighted by Crippen LogP contribution is 2.29. The maximum Gasteiger partial charge on any atom is 0.157 e. The van der Waals surface area contributed by atoms with Crippen LogP contribution in [0.25, 0.3) is 5.65 Å². The van der Waals surface area contributed by atoms with Gasteiger partial charge in [-0.2, -0.15) is 9.61 Å². The highest BCUT2D eigenvalue weighted by molar-refractivity contribution is 5.48. The third-order valence-electron chi connectivity index (χ3n) is 5.42. The van der Waals surface area contributed by atoms with Crippen LogP contribution in [0.4, 0.5) is 5.82 Å². The van der Waals surface area contributed by atoms with Gasteiger partial charge in [0.05, 0.1) is 11.4 Å². The number of piperidine rings is 1. The highest BCUT2D eigenvalue weighted by Gasteiger charge is 2.24. The topological polar surface area (TPSA) is 59.5 Å². The molecule has 0 spiro atoms. The normalized spacial score (nSPS) is 19.7. The SMILES string of the molecule is Cc1cc2nc([C@@H]3CCCN(C[C@@H](C)c4ccccc4)C3)cc(N)n2n1. The molecule has 4 rings (SSSR count). The molecule has 2 N–H and O–H groups in total. The zero-order chi connectivity index (χ0) is 18.1. The average molecular weight is 349 g/mol. The molecule has 0 aliphatic carbocycles. The first-order valence-corrected chi connectivity index (χ1v) is 9.50. The summed E-state index contributed by atoms with van der Waals surface area (Å²) in [4.78, 5) is 7.43. The van der Waals surface area contributed by atoms with Crippen LogP contribution in [-0.4, -0.2) is 39.1 Å². The first-order chi connectivity index (χ1) is 12.6. The third kappa shape index (κ3) is 3.44. The van der Waals surface area contributed by atoms with E-state index in [1.54, 1.807) is 4.52 Å². The summed E-state index contributed by atoms with van der Waals surface area (Å²) >= 11 is 0. The molecule has 0 bridgehead atoms. The highest BCUT2D eigenvalue weighted by atomic mass is 15.3. The van der Waals surface area contributed by atoms with Crippen LogP contribution in [0.3, 0.4) is 0 Å². The van der Waals surface area contributed by atoms with Crippen molar-refractivity contribution in [2.75, 3.05) is 25.4 Å². The number of likely N-dealkylation sites (tertiary alicyclic amines) is 1. The number of aromatic nitrogens is 3. The summed E-state index contributed by atoms with van der Waals surface area (Å²) < 4.78 is 1.73. The summed E-state index contributed by atoms with van der Waals surface area (Å²) in [6.45, 7) is 7.59. The molecule has 0 radical (unpaired) electrons. The second kappa shape index (κ2) is 7.08. The Labute approximate surface area is 154 Å². The minimum absolute atomic E-state index is 0.439. The molecule has 1 aliphatic rings. The van der Waals surface area contributed by atoms with Gasteiger partial charge in [-0.05, 0) is 37.8 Å². The lowest BCUT2D eigenvalue weighted by atomic mass is 9.92. The van der Waals surface area contributed by atoms with Crippen molar-refractivity contribution in [2.24, 2.45) is 0 Å². The molecule has 1 fully saturated rings. The van der Waals surface area contributed by atoms with Gasteiger partial charge in [-0.25, -0.2) is 4.98 Å². The molecular formula is C21H27N5. The Morgan fingerprint density at radius 2 is 2.04 bits per heavy atom. The van der Waals surface area contributed by atoms with Gasteiger partial charge >= 0.3 is 0 Å². The molecule has 1 saturated heterocycles. The number of rotatable bonds is 4. The first-order valence-electron chi connectivity index (χ1n) is 9.50. The number of nitrogens with zero attached hydrogens (tertiary/aromatic N) is 4. The minimum atomic E-state index is 0.439. The standard InChI is InChI=1S/C21H27N5/c1-15(17-7-4-3-5-8-17)13-25-10-6-9-18(14-25)19-12-20(22)26-21(23-19)11-16(2)24-26/h3-5,7-8,11-12,15,18H,6,9-10,13-14,22H2,1-2H3/t15-,18-/m1/s1. The Balaban J connectivity index is 1.50. The van der Waals surface area contributed by atoms with Gasteiger partial charge in [0.2, 0.25) is 0 Å². The monoisotopic (exact) mass is 349 g/mol. The van der Waals surface area contributed by atoms with Gasteiger partial charge in [-0.15, -0.1) is 0 Å². The van der Waals surface area contributed by atoms with Crippen LogP contribution in [0.5, 0.6) is 0 Å². The molecule has 2 atom stereocenters. The second-order valence-corrected chi connectivity index (χ2v) is 7.57. The van der Waals surface area contributed by atoms with E-state index in [-0.39, 0.29) is 0 Å². The van der Waals surface area contributed by atoms with Gasteiger partial charge < -0.3 is 10.6 Å². The van der Waals surface area contributed by atoms with E-state index in [2.05, 4.69) is 47.3 Å². The summed E-state index contributed by atoms with van der Waals surface area (Å²) in [5.41, 5.74) is 10.5. The van der Waals surface area contributed by atoms with Crippen molar-refractivity contribution < 1.29 is 0 Å². The maximum atomic E-state index is 6.22. The Kier molecular flexibility index (Phi) is 4.64. The van der Waals surface area contributed by atoms with Crippen LogP contribution in [0.1, 0.15) is 48.6 Å². The molecule has 1 aliphatic heterocycles. The van der Waals surface area contributed by atoms with Crippen molar-refractivity contribution in [1.29, 1.82) is 0 Å². The molecular weight excluding hydrogens is 322 g/mol. The summed E-state index contributed by atoms with van der Waals surface area (Å²) in [6.07, 6.45) is 2.38. The number of hydrogen-bond acceptors (Lipinski definition) is 4. The van der Waals surface area contributed by atoms with Gasteiger partial charge in [0, 0.05) is 31.1 Å². The molecule has 2 aromatic heterocycles. The Morgan fingerprint density at radius 3 is 2.85 bits per heavy atom. The predicted molar refractivity (Wildman–Crippen MR) is 105 cm³/mol. The van der Waals surface area contributed by atoms with Crippen molar-refractivity contribution in [1.82, 2.24) is 19.5 Å². The van der Waals surface area contributed by atoms with Crippen molar-refractivity contribution in [3.63, 3.8) is 0 Å². The molecule has 136 valence electrons. The quantitative estimate of drug-likeness (QED) is 0.782. The van der Waals surface area contributed by atoms with Crippen molar-refractivity contribution in [2.45, 2.75) is 38.5 Å². The molecule has 5 heteroatoms. The number of nitrogen functional groups attached to an aromatic ring is 1. The van der Waals surface area contributed by atoms with Gasteiger partial charge in [0.1, 0.15) is 5.82 Å². The van der Waals surface area contributed by atoms with E-state index in [1.165, 1.54) is 18.4 Å². The summed E-state index contributed by atoms with van der Waals surface area (Å²) in [5.74, 6) is 1.65. The summed E-state index contributed by atoms with van der Waals surface area (Å²) in [5, 5.41) is 4.41. The van der Waals surface area contributed by atoms with E-state index in [1.807, 2.05) is 19.1 Å². The summed E-state index contributed by atoms with van der Waals surface area (Å²) in [6, 6.07) is 14.8. The number of anilines is 1. The van der Waals surface area contributed by atoms with Gasteiger partial charge in [0.25, 0.3) is 0 Å². The minimum Gasteiger partial charge on any atom is -0.384 e. The van der Waals surface area contributed by atoms with E-state index in [0.29, 0.717) is 17.7 Å². The molecule has 3 aromatic rings. The summed E-state index contributed by atoms with van der Waals surface area (Å²) in [7, 11) is 0. The zero-order valence-electron chi connectivity index (χ0n) is 15.6. The van der Waals surface area contributed by atoms with E-state index in [0.717, 1.165) is 36.7 Å². The van der Waals surface area contributed by atoms with Gasteiger partial charge in [-0.1, -0.05) is 37.3 Å². The molecule has 5 nitrogen and oxygen atoms in total.